The summed E-state index contributed by atoms with van der Waals surface area (Å²) < 4.78 is 7.94. The third kappa shape index (κ3) is 3.29. The van der Waals surface area contributed by atoms with Crippen molar-refractivity contribution in [2.75, 3.05) is 12.4 Å². The molecular formula is C16H17N3OS. The Morgan fingerprint density at radius 2 is 2.24 bits per heavy atom. The molecule has 0 radical (unpaired) electrons. The van der Waals surface area contributed by atoms with Crippen LogP contribution in [0.5, 0.6) is 0 Å². The van der Waals surface area contributed by atoms with Crippen LogP contribution in [0.25, 0.3) is 11.3 Å². The molecule has 1 fully saturated rings. The number of ether oxygens (including phenoxy) is 1. The zero-order valence-electron chi connectivity index (χ0n) is 11.7. The molecule has 5 heteroatoms. The molecule has 1 aromatic heterocycles. The molecule has 2 aromatic rings. The van der Waals surface area contributed by atoms with E-state index in [4.69, 9.17) is 10.00 Å². The second kappa shape index (κ2) is 6.79. The lowest BCUT2D eigenvalue weighted by Crippen LogP contribution is -2.16. The van der Waals surface area contributed by atoms with E-state index < -0.39 is 0 Å². The quantitative estimate of drug-likeness (QED) is 0.795. The van der Waals surface area contributed by atoms with Crippen molar-refractivity contribution in [3.63, 3.8) is 0 Å². The molecule has 0 aliphatic carbocycles. The molecule has 0 N–H and O–H groups in total. The van der Waals surface area contributed by atoms with Gasteiger partial charge in [-0.1, -0.05) is 42.1 Å². The van der Waals surface area contributed by atoms with Crippen molar-refractivity contribution in [1.82, 2.24) is 9.55 Å². The molecule has 0 spiro atoms. The summed E-state index contributed by atoms with van der Waals surface area (Å²) in [6, 6.07) is 12.4. The Morgan fingerprint density at radius 1 is 1.38 bits per heavy atom. The SMILES string of the molecule is N#CCSc1ncc(-c2ccccc2)n1CC1CCCO1. The van der Waals surface area contributed by atoms with Gasteiger partial charge in [-0.15, -0.1) is 0 Å². The summed E-state index contributed by atoms with van der Waals surface area (Å²) in [5.74, 6) is 0.413. The first kappa shape index (κ1) is 14.2. The van der Waals surface area contributed by atoms with Crippen LogP contribution in [0.3, 0.4) is 0 Å². The van der Waals surface area contributed by atoms with Crippen molar-refractivity contribution in [3.8, 4) is 17.3 Å². The zero-order valence-corrected chi connectivity index (χ0v) is 12.6. The first-order valence-electron chi connectivity index (χ1n) is 7.11. The van der Waals surface area contributed by atoms with Crippen LogP contribution in [0, 0.1) is 11.3 Å². The van der Waals surface area contributed by atoms with E-state index in [2.05, 4.69) is 27.8 Å². The van der Waals surface area contributed by atoms with Crippen molar-refractivity contribution >= 4 is 11.8 Å². The number of thioether (sulfide) groups is 1. The Morgan fingerprint density at radius 3 is 2.95 bits per heavy atom. The van der Waals surface area contributed by atoms with Crippen LogP contribution in [0.4, 0.5) is 0 Å². The summed E-state index contributed by atoms with van der Waals surface area (Å²) in [5, 5.41) is 9.69. The highest BCUT2D eigenvalue weighted by atomic mass is 32.2. The molecule has 1 aliphatic heterocycles. The Bertz CT molecular complexity index is 627. The lowest BCUT2D eigenvalue weighted by atomic mass is 10.1. The fourth-order valence-electron chi connectivity index (χ4n) is 2.58. The van der Waals surface area contributed by atoms with Crippen molar-refractivity contribution in [2.24, 2.45) is 0 Å². The molecule has 108 valence electrons. The van der Waals surface area contributed by atoms with Gasteiger partial charge in [0.15, 0.2) is 5.16 Å². The van der Waals surface area contributed by atoms with Gasteiger partial charge in [-0.3, -0.25) is 0 Å². The normalized spacial score (nSPS) is 17.8. The third-order valence-electron chi connectivity index (χ3n) is 3.56. The van der Waals surface area contributed by atoms with Crippen molar-refractivity contribution in [1.29, 1.82) is 5.26 Å². The van der Waals surface area contributed by atoms with Gasteiger partial charge in [-0.2, -0.15) is 5.26 Å². The minimum atomic E-state index is 0.253. The van der Waals surface area contributed by atoms with Gasteiger partial charge in [0.25, 0.3) is 0 Å². The van der Waals surface area contributed by atoms with E-state index in [0.29, 0.717) is 5.75 Å². The fraction of sp³-hybridized carbons (Fsp3) is 0.375. The van der Waals surface area contributed by atoms with E-state index in [1.165, 1.54) is 11.8 Å². The van der Waals surface area contributed by atoms with E-state index in [0.717, 1.165) is 42.4 Å². The summed E-state index contributed by atoms with van der Waals surface area (Å²) in [6.07, 6.45) is 4.36. The Labute approximate surface area is 128 Å². The molecule has 1 aliphatic rings. The van der Waals surface area contributed by atoms with Gasteiger partial charge in [0, 0.05) is 6.61 Å². The van der Waals surface area contributed by atoms with Crippen LogP contribution in [-0.2, 0) is 11.3 Å². The lowest BCUT2D eigenvalue weighted by Gasteiger charge is -2.15. The van der Waals surface area contributed by atoms with Gasteiger partial charge < -0.3 is 9.30 Å². The molecule has 3 rings (SSSR count). The third-order valence-corrected chi connectivity index (χ3v) is 4.42. The maximum absolute atomic E-state index is 8.79. The number of benzene rings is 1. The zero-order chi connectivity index (χ0) is 14.5. The first-order chi connectivity index (χ1) is 10.4. The fourth-order valence-corrected chi connectivity index (χ4v) is 3.23. The van der Waals surface area contributed by atoms with Gasteiger partial charge >= 0.3 is 0 Å². The van der Waals surface area contributed by atoms with Crippen LogP contribution in [0.2, 0.25) is 0 Å². The smallest absolute Gasteiger partial charge is 0.169 e. The van der Waals surface area contributed by atoms with E-state index in [-0.39, 0.29) is 6.10 Å². The predicted molar refractivity (Wildman–Crippen MR) is 83.0 cm³/mol. The van der Waals surface area contributed by atoms with Crippen molar-refractivity contribution < 1.29 is 4.74 Å². The Balaban J connectivity index is 1.91. The highest BCUT2D eigenvalue weighted by Gasteiger charge is 2.20. The molecule has 0 bridgehead atoms. The topological polar surface area (TPSA) is 50.8 Å². The predicted octanol–water partition coefficient (Wildman–Crippen LogP) is 3.34. The molecule has 1 saturated heterocycles. The number of hydrogen-bond donors (Lipinski definition) is 0. The molecule has 1 aromatic carbocycles. The molecule has 0 saturated carbocycles. The van der Waals surface area contributed by atoms with E-state index >= 15 is 0 Å². The molecule has 1 unspecified atom stereocenters. The first-order valence-corrected chi connectivity index (χ1v) is 8.09. The van der Waals surface area contributed by atoms with Gasteiger partial charge in [0.05, 0.1) is 36.4 Å². The Hall–Kier alpha value is -1.77. The number of aromatic nitrogens is 2. The summed E-state index contributed by atoms with van der Waals surface area (Å²) in [4.78, 5) is 4.49. The standard InChI is InChI=1S/C16H17N3OS/c17-8-10-21-16-18-11-15(13-5-2-1-3-6-13)19(16)12-14-7-4-9-20-14/h1-3,5-6,11,14H,4,7,9-10,12H2. The largest absolute Gasteiger partial charge is 0.376 e. The number of imidazole rings is 1. The second-order valence-electron chi connectivity index (χ2n) is 4.98. The number of nitrogens with zero attached hydrogens (tertiary/aromatic N) is 3. The van der Waals surface area contributed by atoms with Crippen LogP contribution in [0.1, 0.15) is 12.8 Å². The van der Waals surface area contributed by atoms with Gasteiger partial charge in [0.2, 0.25) is 0 Å². The summed E-state index contributed by atoms with van der Waals surface area (Å²) in [5.41, 5.74) is 2.23. The highest BCUT2D eigenvalue weighted by Crippen LogP contribution is 2.28. The lowest BCUT2D eigenvalue weighted by molar-refractivity contribution is 0.0954. The number of rotatable bonds is 5. The molecular weight excluding hydrogens is 282 g/mol. The van der Waals surface area contributed by atoms with Gasteiger partial charge in [0.1, 0.15) is 0 Å². The molecule has 1 atom stereocenters. The van der Waals surface area contributed by atoms with Gasteiger partial charge in [-0.05, 0) is 18.4 Å². The van der Waals surface area contributed by atoms with Crippen LogP contribution in [-0.4, -0.2) is 28.0 Å². The summed E-state index contributed by atoms with van der Waals surface area (Å²) in [7, 11) is 0. The average Bonchev–Trinajstić information content (AvgIpc) is 3.17. The molecule has 21 heavy (non-hydrogen) atoms. The van der Waals surface area contributed by atoms with Gasteiger partial charge in [-0.25, -0.2) is 4.98 Å². The minimum absolute atomic E-state index is 0.253. The maximum atomic E-state index is 8.79. The highest BCUT2D eigenvalue weighted by molar-refractivity contribution is 7.99. The second-order valence-corrected chi connectivity index (χ2v) is 5.93. The van der Waals surface area contributed by atoms with Crippen LogP contribution in [0.15, 0.2) is 41.7 Å². The molecule has 2 heterocycles. The number of hydrogen-bond acceptors (Lipinski definition) is 4. The monoisotopic (exact) mass is 299 g/mol. The summed E-state index contributed by atoms with van der Waals surface area (Å²) >= 11 is 1.48. The average molecular weight is 299 g/mol. The number of nitriles is 1. The van der Waals surface area contributed by atoms with Crippen LogP contribution < -0.4 is 0 Å². The minimum Gasteiger partial charge on any atom is -0.376 e. The van der Waals surface area contributed by atoms with Crippen molar-refractivity contribution in [3.05, 3.63) is 36.5 Å². The van der Waals surface area contributed by atoms with E-state index in [1.54, 1.807) is 0 Å². The van der Waals surface area contributed by atoms with E-state index in [1.807, 2.05) is 24.4 Å². The van der Waals surface area contributed by atoms with E-state index in [9.17, 15) is 0 Å². The molecule has 4 nitrogen and oxygen atoms in total. The maximum Gasteiger partial charge on any atom is 0.169 e. The Kier molecular flexibility index (Phi) is 4.59. The summed E-state index contributed by atoms with van der Waals surface area (Å²) in [6.45, 7) is 1.65. The van der Waals surface area contributed by atoms with Crippen LogP contribution >= 0.6 is 11.8 Å². The van der Waals surface area contributed by atoms with Crippen molar-refractivity contribution in [2.45, 2.75) is 30.6 Å². The molecule has 0 amide bonds.